The summed E-state index contributed by atoms with van der Waals surface area (Å²) in [7, 11) is 1.76. The maximum atomic E-state index is 13.1. The van der Waals surface area contributed by atoms with E-state index >= 15 is 0 Å². The minimum absolute atomic E-state index is 0.171. The molecule has 28 heavy (non-hydrogen) atoms. The van der Waals surface area contributed by atoms with Crippen LogP contribution in [0.1, 0.15) is 40.2 Å². The van der Waals surface area contributed by atoms with Gasteiger partial charge in [0.2, 0.25) is 0 Å². The van der Waals surface area contributed by atoms with E-state index in [1.807, 2.05) is 31.2 Å². The van der Waals surface area contributed by atoms with Gasteiger partial charge in [-0.05, 0) is 31.5 Å². The number of carbonyl (C=O) groups is 2. The standard InChI is InChI=1S/C21H21F3N2O2/c1-13-4-6-15(7-5-13)19-16(14(2)27)12-25(3)10-11-26-17(19)8-9-18(26)20(28)21(22,23)24/h4-9,12,19H,10-11H2,1-3H3/b16-12-. The first-order valence-electron chi connectivity index (χ1n) is 8.90. The SMILES string of the molecule is CC(=O)/C1=C/N(C)CCn2c(C(=O)C(F)(F)F)ccc2C1c1ccc(C)cc1. The quantitative estimate of drug-likeness (QED) is 0.742. The fraction of sp³-hybridized carbons (Fsp3) is 0.333. The lowest BCUT2D eigenvalue weighted by Gasteiger charge is -2.29. The molecule has 0 aliphatic carbocycles. The number of hydrogen-bond acceptors (Lipinski definition) is 3. The summed E-state index contributed by atoms with van der Waals surface area (Å²) in [5.41, 5.74) is 2.39. The predicted octanol–water partition coefficient (Wildman–Crippen LogP) is 4.09. The molecule has 0 saturated carbocycles. The first-order chi connectivity index (χ1) is 13.1. The molecule has 1 unspecified atom stereocenters. The molecule has 3 rings (SSSR count). The Balaban J connectivity index is 2.24. The van der Waals surface area contributed by atoms with E-state index in [2.05, 4.69) is 0 Å². The largest absolute Gasteiger partial charge is 0.456 e. The van der Waals surface area contributed by atoms with E-state index in [-0.39, 0.29) is 12.3 Å². The van der Waals surface area contributed by atoms with Crippen molar-refractivity contribution in [2.75, 3.05) is 13.6 Å². The van der Waals surface area contributed by atoms with Gasteiger partial charge in [0.05, 0.1) is 11.6 Å². The summed E-state index contributed by atoms with van der Waals surface area (Å²) < 4.78 is 40.6. The van der Waals surface area contributed by atoms with E-state index in [0.29, 0.717) is 17.8 Å². The number of benzene rings is 1. The van der Waals surface area contributed by atoms with Crippen LogP contribution in [-0.4, -0.2) is 40.8 Å². The van der Waals surface area contributed by atoms with Crippen molar-refractivity contribution in [1.82, 2.24) is 9.47 Å². The zero-order valence-corrected chi connectivity index (χ0v) is 15.9. The Labute approximate surface area is 161 Å². The number of carbonyl (C=O) groups excluding carboxylic acids is 2. The number of aryl methyl sites for hydroxylation is 1. The maximum absolute atomic E-state index is 13.1. The van der Waals surface area contributed by atoms with Crippen LogP contribution in [0, 0.1) is 6.92 Å². The molecule has 2 aromatic rings. The Hall–Kier alpha value is -2.83. The van der Waals surface area contributed by atoms with Gasteiger partial charge in [0.25, 0.3) is 5.78 Å². The molecule has 1 aromatic heterocycles. The number of allylic oxidation sites excluding steroid dienone is 1. The second-order valence-electron chi connectivity index (χ2n) is 7.09. The van der Waals surface area contributed by atoms with Crippen LogP contribution in [0.4, 0.5) is 13.2 Å². The molecule has 0 N–H and O–H groups in total. The first-order valence-corrected chi connectivity index (χ1v) is 8.90. The number of alkyl halides is 3. The average molecular weight is 390 g/mol. The maximum Gasteiger partial charge on any atom is 0.456 e. The highest BCUT2D eigenvalue weighted by atomic mass is 19.4. The van der Waals surface area contributed by atoms with Crippen molar-refractivity contribution in [3.8, 4) is 0 Å². The molecule has 0 radical (unpaired) electrons. The van der Waals surface area contributed by atoms with E-state index in [1.54, 1.807) is 18.1 Å². The minimum atomic E-state index is -4.96. The van der Waals surface area contributed by atoms with Crippen molar-refractivity contribution in [3.63, 3.8) is 0 Å². The molecule has 0 amide bonds. The van der Waals surface area contributed by atoms with Crippen molar-refractivity contribution in [3.05, 3.63) is 70.7 Å². The van der Waals surface area contributed by atoms with E-state index in [9.17, 15) is 22.8 Å². The Bertz CT molecular complexity index is 940. The summed E-state index contributed by atoms with van der Waals surface area (Å²) in [4.78, 5) is 26.1. The lowest BCUT2D eigenvalue weighted by atomic mass is 9.85. The third-order valence-corrected chi connectivity index (χ3v) is 4.96. The van der Waals surface area contributed by atoms with Gasteiger partial charge >= 0.3 is 6.18 Å². The van der Waals surface area contributed by atoms with Gasteiger partial charge in [-0.2, -0.15) is 13.2 Å². The van der Waals surface area contributed by atoms with Gasteiger partial charge in [0.1, 0.15) is 0 Å². The number of fused-ring (bicyclic) bond motifs is 1. The Morgan fingerprint density at radius 2 is 1.68 bits per heavy atom. The van der Waals surface area contributed by atoms with Gasteiger partial charge in [-0.3, -0.25) is 9.59 Å². The van der Waals surface area contributed by atoms with Crippen LogP contribution in [0.3, 0.4) is 0 Å². The van der Waals surface area contributed by atoms with Crippen LogP contribution in [0.5, 0.6) is 0 Å². The molecule has 0 spiro atoms. The van der Waals surface area contributed by atoms with Gasteiger partial charge in [-0.15, -0.1) is 0 Å². The highest BCUT2D eigenvalue weighted by Crippen LogP contribution is 2.36. The second kappa shape index (κ2) is 7.30. The van der Waals surface area contributed by atoms with Crippen LogP contribution in [0.2, 0.25) is 0 Å². The molecule has 7 heteroatoms. The third kappa shape index (κ3) is 3.74. The predicted molar refractivity (Wildman–Crippen MR) is 99.2 cm³/mol. The highest BCUT2D eigenvalue weighted by Gasteiger charge is 2.42. The van der Waals surface area contributed by atoms with E-state index in [0.717, 1.165) is 11.1 Å². The number of likely N-dealkylation sites (N-methyl/N-ethyl adjacent to an activating group) is 1. The van der Waals surface area contributed by atoms with Crippen molar-refractivity contribution in [2.24, 2.45) is 0 Å². The molecule has 148 valence electrons. The smallest absolute Gasteiger partial charge is 0.378 e. The number of hydrogen-bond donors (Lipinski definition) is 0. The van der Waals surface area contributed by atoms with E-state index in [4.69, 9.17) is 0 Å². The molecule has 0 fully saturated rings. The molecule has 0 saturated heterocycles. The average Bonchev–Trinajstić information content (AvgIpc) is 3.00. The van der Waals surface area contributed by atoms with Gasteiger partial charge in [0, 0.05) is 37.6 Å². The summed E-state index contributed by atoms with van der Waals surface area (Å²) >= 11 is 0. The lowest BCUT2D eigenvalue weighted by Crippen LogP contribution is -2.31. The summed E-state index contributed by atoms with van der Waals surface area (Å²) in [5.74, 6) is -2.61. The van der Waals surface area contributed by atoms with Crippen molar-refractivity contribution in [2.45, 2.75) is 32.5 Å². The summed E-state index contributed by atoms with van der Waals surface area (Å²) in [6.45, 7) is 3.95. The van der Waals surface area contributed by atoms with Gasteiger partial charge < -0.3 is 9.47 Å². The Morgan fingerprint density at radius 3 is 2.25 bits per heavy atom. The van der Waals surface area contributed by atoms with Crippen LogP contribution in [0.25, 0.3) is 0 Å². The van der Waals surface area contributed by atoms with Crippen molar-refractivity contribution in [1.29, 1.82) is 0 Å². The number of nitrogens with zero attached hydrogens (tertiary/aromatic N) is 2. The fourth-order valence-corrected chi connectivity index (χ4v) is 3.53. The number of ketones is 2. The van der Waals surface area contributed by atoms with Crippen molar-refractivity contribution < 1.29 is 22.8 Å². The normalized spacial score (nSPS) is 19.3. The zero-order chi connectivity index (χ0) is 20.6. The summed E-state index contributed by atoms with van der Waals surface area (Å²) in [6, 6.07) is 10.2. The van der Waals surface area contributed by atoms with Crippen LogP contribution >= 0.6 is 0 Å². The summed E-state index contributed by atoms with van der Waals surface area (Å²) in [5, 5.41) is 0. The monoisotopic (exact) mass is 390 g/mol. The Morgan fingerprint density at radius 1 is 1.04 bits per heavy atom. The number of Topliss-reactive ketones (excluding diaryl/α,β-unsaturated/α-hetero) is 2. The molecular formula is C21H21F3N2O2. The number of rotatable bonds is 3. The second-order valence-corrected chi connectivity index (χ2v) is 7.09. The molecule has 1 aromatic carbocycles. The molecule has 2 heterocycles. The molecule has 1 atom stereocenters. The molecular weight excluding hydrogens is 369 g/mol. The fourth-order valence-electron chi connectivity index (χ4n) is 3.53. The van der Waals surface area contributed by atoms with Gasteiger partial charge in [0.15, 0.2) is 5.78 Å². The number of halogens is 3. The Kier molecular flexibility index (Phi) is 5.19. The van der Waals surface area contributed by atoms with Gasteiger partial charge in [-0.1, -0.05) is 29.8 Å². The zero-order valence-electron chi connectivity index (χ0n) is 15.9. The molecule has 4 nitrogen and oxygen atoms in total. The lowest BCUT2D eigenvalue weighted by molar-refractivity contribution is -0.113. The van der Waals surface area contributed by atoms with Crippen LogP contribution in [-0.2, 0) is 11.3 Å². The number of aromatic nitrogens is 1. The van der Waals surface area contributed by atoms with E-state index < -0.39 is 23.6 Å². The van der Waals surface area contributed by atoms with Crippen LogP contribution in [0.15, 0.2) is 48.2 Å². The molecule has 1 aliphatic rings. The summed E-state index contributed by atoms with van der Waals surface area (Å²) in [6.07, 6.45) is -3.21. The topological polar surface area (TPSA) is 42.3 Å². The first kappa shape index (κ1) is 19.9. The third-order valence-electron chi connectivity index (χ3n) is 4.96. The van der Waals surface area contributed by atoms with Gasteiger partial charge in [-0.25, -0.2) is 0 Å². The van der Waals surface area contributed by atoms with E-state index in [1.165, 1.54) is 23.6 Å². The minimum Gasteiger partial charge on any atom is -0.378 e. The highest BCUT2D eigenvalue weighted by molar-refractivity contribution is 5.99. The molecule has 0 bridgehead atoms. The van der Waals surface area contributed by atoms with Crippen LogP contribution < -0.4 is 0 Å². The molecule has 1 aliphatic heterocycles. The van der Waals surface area contributed by atoms with Crippen molar-refractivity contribution >= 4 is 11.6 Å².